The number of rotatable bonds is 4. The number of pyridine rings is 1. The molecule has 3 rings (SSSR count). The fraction of sp³-hybridized carbons (Fsp3) is 0.0500. The molecule has 5 nitrogen and oxygen atoms in total. The number of aromatic nitrogens is 1. The number of nitrogens with one attached hydrogen (secondary N) is 2. The maximum absolute atomic E-state index is 12.2. The Bertz CT molecular complexity index is 942. The molecule has 1 amide bonds. The molecule has 0 bridgehead atoms. The van der Waals surface area contributed by atoms with Gasteiger partial charge in [0.1, 0.15) is 11.9 Å². The third-order valence-corrected chi connectivity index (χ3v) is 3.61. The van der Waals surface area contributed by atoms with Crippen LogP contribution < -0.4 is 10.6 Å². The number of anilines is 3. The fourth-order valence-electron chi connectivity index (χ4n) is 2.36. The van der Waals surface area contributed by atoms with Gasteiger partial charge < -0.3 is 10.6 Å². The number of hydrogen-bond donors (Lipinski definition) is 2. The standard InChI is InChI=1S/C20H16N4O/c1-14-5-4-7-15(11-14)20(25)24-19-10-9-17(13-22-19)23-18-8-3-2-6-16(18)12-21/h2-11,13,23H,1H3,(H,22,24,25). The minimum atomic E-state index is -0.202. The molecule has 3 aromatic rings. The summed E-state index contributed by atoms with van der Waals surface area (Å²) in [6.07, 6.45) is 1.61. The highest BCUT2D eigenvalue weighted by Gasteiger charge is 2.07. The molecule has 0 saturated carbocycles. The highest BCUT2D eigenvalue weighted by Crippen LogP contribution is 2.20. The third kappa shape index (κ3) is 4.01. The Morgan fingerprint density at radius 3 is 2.64 bits per heavy atom. The zero-order valence-electron chi connectivity index (χ0n) is 13.7. The van der Waals surface area contributed by atoms with Gasteiger partial charge >= 0.3 is 0 Å². The van der Waals surface area contributed by atoms with Crippen molar-refractivity contribution in [3.63, 3.8) is 0 Å². The van der Waals surface area contributed by atoms with E-state index in [9.17, 15) is 4.79 Å². The predicted molar refractivity (Wildman–Crippen MR) is 97.8 cm³/mol. The molecule has 0 spiro atoms. The van der Waals surface area contributed by atoms with Crippen LogP contribution in [0.4, 0.5) is 17.2 Å². The Kier molecular flexibility index (Phi) is 4.72. The van der Waals surface area contributed by atoms with Gasteiger partial charge in [0.2, 0.25) is 0 Å². The van der Waals surface area contributed by atoms with E-state index in [1.807, 2.05) is 43.3 Å². The van der Waals surface area contributed by atoms with Crippen LogP contribution in [0.2, 0.25) is 0 Å². The van der Waals surface area contributed by atoms with Crippen LogP contribution in [-0.2, 0) is 0 Å². The zero-order chi connectivity index (χ0) is 17.6. The summed E-state index contributed by atoms with van der Waals surface area (Å²) in [5.41, 5.74) is 3.61. The van der Waals surface area contributed by atoms with E-state index in [2.05, 4.69) is 21.7 Å². The van der Waals surface area contributed by atoms with Gasteiger partial charge in [-0.25, -0.2) is 4.98 Å². The normalized spacial score (nSPS) is 9.92. The zero-order valence-corrected chi connectivity index (χ0v) is 13.7. The molecule has 0 atom stereocenters. The summed E-state index contributed by atoms with van der Waals surface area (Å²) in [6.45, 7) is 1.94. The highest BCUT2D eigenvalue weighted by atomic mass is 16.1. The largest absolute Gasteiger partial charge is 0.353 e. The average molecular weight is 328 g/mol. The second-order valence-electron chi connectivity index (χ2n) is 5.54. The Balaban J connectivity index is 1.70. The summed E-state index contributed by atoms with van der Waals surface area (Å²) >= 11 is 0. The number of aryl methyl sites for hydroxylation is 1. The van der Waals surface area contributed by atoms with Crippen LogP contribution in [0.1, 0.15) is 21.5 Å². The minimum absolute atomic E-state index is 0.202. The molecular formula is C20H16N4O. The van der Waals surface area contributed by atoms with Gasteiger partial charge in [-0.2, -0.15) is 5.26 Å². The van der Waals surface area contributed by atoms with Crippen LogP contribution in [0, 0.1) is 18.3 Å². The summed E-state index contributed by atoms with van der Waals surface area (Å²) in [5.74, 6) is 0.261. The molecule has 1 aromatic heterocycles. The number of carbonyl (C=O) groups is 1. The van der Waals surface area contributed by atoms with Crippen LogP contribution in [0.3, 0.4) is 0 Å². The topological polar surface area (TPSA) is 77.8 Å². The van der Waals surface area contributed by atoms with Crippen molar-refractivity contribution in [2.24, 2.45) is 0 Å². The molecule has 0 aliphatic heterocycles. The molecule has 0 aliphatic carbocycles. The minimum Gasteiger partial charge on any atom is -0.353 e. The molecule has 0 saturated heterocycles. The van der Waals surface area contributed by atoms with Gasteiger partial charge in [0.25, 0.3) is 5.91 Å². The first kappa shape index (κ1) is 16.2. The first-order chi connectivity index (χ1) is 12.2. The number of hydrogen-bond acceptors (Lipinski definition) is 4. The van der Waals surface area contributed by atoms with Crippen molar-refractivity contribution in [2.75, 3.05) is 10.6 Å². The van der Waals surface area contributed by atoms with Crippen molar-refractivity contribution in [2.45, 2.75) is 6.92 Å². The van der Waals surface area contributed by atoms with E-state index in [4.69, 9.17) is 5.26 Å². The Morgan fingerprint density at radius 2 is 1.92 bits per heavy atom. The van der Waals surface area contributed by atoms with E-state index in [1.54, 1.807) is 30.5 Å². The Labute approximate surface area is 146 Å². The first-order valence-corrected chi connectivity index (χ1v) is 7.76. The van der Waals surface area contributed by atoms with Crippen molar-refractivity contribution in [3.8, 4) is 6.07 Å². The summed E-state index contributed by atoms with van der Waals surface area (Å²) in [5, 5.41) is 15.0. The molecule has 2 aromatic carbocycles. The quantitative estimate of drug-likeness (QED) is 0.750. The van der Waals surface area contributed by atoms with Crippen molar-refractivity contribution >= 4 is 23.1 Å². The van der Waals surface area contributed by atoms with Crippen LogP contribution in [-0.4, -0.2) is 10.9 Å². The van der Waals surface area contributed by atoms with Crippen molar-refractivity contribution in [3.05, 3.63) is 83.6 Å². The van der Waals surface area contributed by atoms with E-state index >= 15 is 0 Å². The Morgan fingerprint density at radius 1 is 1.08 bits per heavy atom. The molecule has 2 N–H and O–H groups in total. The second-order valence-corrected chi connectivity index (χ2v) is 5.54. The molecule has 0 aliphatic rings. The maximum atomic E-state index is 12.2. The van der Waals surface area contributed by atoms with Gasteiger partial charge in [0.15, 0.2) is 0 Å². The lowest BCUT2D eigenvalue weighted by atomic mass is 10.1. The van der Waals surface area contributed by atoms with Gasteiger partial charge in [0, 0.05) is 5.56 Å². The number of nitrogens with zero attached hydrogens (tertiary/aromatic N) is 2. The monoisotopic (exact) mass is 328 g/mol. The van der Waals surface area contributed by atoms with Crippen molar-refractivity contribution < 1.29 is 4.79 Å². The summed E-state index contributed by atoms with van der Waals surface area (Å²) in [4.78, 5) is 16.5. The van der Waals surface area contributed by atoms with Crippen molar-refractivity contribution in [1.29, 1.82) is 5.26 Å². The Hall–Kier alpha value is -3.65. The molecule has 0 unspecified atom stereocenters. The summed E-state index contributed by atoms with van der Waals surface area (Å²) in [7, 11) is 0. The van der Waals surface area contributed by atoms with Crippen LogP contribution >= 0.6 is 0 Å². The van der Waals surface area contributed by atoms with Crippen LogP contribution in [0.5, 0.6) is 0 Å². The fourth-order valence-corrected chi connectivity index (χ4v) is 2.36. The predicted octanol–water partition coefficient (Wildman–Crippen LogP) is 4.26. The van der Waals surface area contributed by atoms with Gasteiger partial charge in [-0.1, -0.05) is 29.8 Å². The summed E-state index contributed by atoms with van der Waals surface area (Å²) in [6, 6.07) is 20.2. The van der Waals surface area contributed by atoms with Gasteiger partial charge in [0.05, 0.1) is 23.1 Å². The number of benzene rings is 2. The van der Waals surface area contributed by atoms with Crippen molar-refractivity contribution in [1.82, 2.24) is 4.98 Å². The van der Waals surface area contributed by atoms with Gasteiger partial charge in [-0.05, 0) is 43.3 Å². The number of nitriles is 1. The van der Waals surface area contributed by atoms with Gasteiger partial charge in [-0.15, -0.1) is 0 Å². The number of para-hydroxylation sites is 1. The molecule has 5 heteroatoms. The highest BCUT2D eigenvalue weighted by molar-refractivity contribution is 6.03. The van der Waals surface area contributed by atoms with Gasteiger partial charge in [-0.3, -0.25) is 4.79 Å². The SMILES string of the molecule is Cc1cccc(C(=O)Nc2ccc(Nc3ccccc3C#N)cn2)c1. The molecule has 122 valence electrons. The smallest absolute Gasteiger partial charge is 0.256 e. The molecular weight excluding hydrogens is 312 g/mol. The van der Waals surface area contributed by atoms with Crippen LogP contribution in [0.15, 0.2) is 66.9 Å². The lowest BCUT2D eigenvalue weighted by molar-refractivity contribution is 0.102. The van der Waals surface area contributed by atoms with E-state index < -0.39 is 0 Å². The van der Waals surface area contributed by atoms with E-state index in [0.717, 1.165) is 11.3 Å². The molecule has 0 radical (unpaired) electrons. The average Bonchev–Trinajstić information content (AvgIpc) is 2.64. The summed E-state index contributed by atoms with van der Waals surface area (Å²) < 4.78 is 0. The molecule has 25 heavy (non-hydrogen) atoms. The number of amides is 1. The van der Waals surface area contributed by atoms with E-state index in [1.165, 1.54) is 0 Å². The van der Waals surface area contributed by atoms with E-state index in [-0.39, 0.29) is 5.91 Å². The second kappa shape index (κ2) is 7.28. The van der Waals surface area contributed by atoms with Crippen LogP contribution in [0.25, 0.3) is 0 Å². The third-order valence-electron chi connectivity index (χ3n) is 3.61. The first-order valence-electron chi connectivity index (χ1n) is 7.76. The molecule has 1 heterocycles. The number of carbonyl (C=O) groups excluding carboxylic acids is 1. The maximum Gasteiger partial charge on any atom is 0.256 e. The molecule has 0 fully saturated rings. The van der Waals surface area contributed by atoms with E-state index in [0.29, 0.717) is 22.6 Å². The lowest BCUT2D eigenvalue weighted by Crippen LogP contribution is -2.13. The lowest BCUT2D eigenvalue weighted by Gasteiger charge is -2.09.